The van der Waals surface area contributed by atoms with Crippen LogP contribution in [0.5, 0.6) is 0 Å². The van der Waals surface area contributed by atoms with Crippen LogP contribution in [0.1, 0.15) is 12.0 Å². The molecule has 0 aromatic heterocycles. The van der Waals surface area contributed by atoms with E-state index in [-0.39, 0.29) is 22.0 Å². The molecule has 0 aliphatic rings. The second kappa shape index (κ2) is 5.98. The zero-order valence-corrected chi connectivity index (χ0v) is 10.6. The van der Waals surface area contributed by atoms with Crippen LogP contribution in [-0.2, 0) is 10.0 Å². The Kier molecular flexibility index (Phi) is 4.90. The fourth-order valence-electron chi connectivity index (χ4n) is 1.15. The lowest BCUT2D eigenvalue weighted by molar-refractivity contribution is 0.579. The van der Waals surface area contributed by atoms with Crippen molar-refractivity contribution in [1.82, 2.24) is 4.72 Å². The van der Waals surface area contributed by atoms with Crippen LogP contribution in [0.2, 0.25) is 5.02 Å². The SMILES string of the molecule is N#Cc1cc(S(=O)(=O)NCCCN)ccc1Cl. The van der Waals surface area contributed by atoms with E-state index >= 15 is 0 Å². The average Bonchev–Trinajstić information content (AvgIpc) is 2.29. The normalized spacial score (nSPS) is 11.1. The minimum atomic E-state index is -3.60. The third kappa shape index (κ3) is 3.68. The summed E-state index contributed by atoms with van der Waals surface area (Å²) < 4.78 is 26.0. The number of halogens is 1. The molecule has 0 saturated heterocycles. The van der Waals surface area contributed by atoms with Crippen molar-refractivity contribution in [3.05, 3.63) is 28.8 Å². The largest absolute Gasteiger partial charge is 0.330 e. The van der Waals surface area contributed by atoms with Crippen molar-refractivity contribution in [3.8, 4) is 6.07 Å². The monoisotopic (exact) mass is 273 g/mol. The topological polar surface area (TPSA) is 96.0 Å². The lowest BCUT2D eigenvalue weighted by Gasteiger charge is -2.06. The van der Waals surface area contributed by atoms with E-state index in [2.05, 4.69) is 4.72 Å². The molecule has 0 radical (unpaired) electrons. The highest BCUT2D eigenvalue weighted by Crippen LogP contribution is 2.19. The molecule has 17 heavy (non-hydrogen) atoms. The number of nitrogens with zero attached hydrogens (tertiary/aromatic N) is 1. The van der Waals surface area contributed by atoms with Gasteiger partial charge in [-0.3, -0.25) is 0 Å². The van der Waals surface area contributed by atoms with E-state index < -0.39 is 10.0 Å². The molecule has 0 amide bonds. The van der Waals surface area contributed by atoms with Crippen molar-refractivity contribution in [3.63, 3.8) is 0 Å². The summed E-state index contributed by atoms with van der Waals surface area (Å²) in [5.74, 6) is 0. The fourth-order valence-corrected chi connectivity index (χ4v) is 2.41. The molecule has 0 saturated carbocycles. The van der Waals surface area contributed by atoms with E-state index in [4.69, 9.17) is 22.6 Å². The Morgan fingerprint density at radius 3 is 2.76 bits per heavy atom. The number of hydrogen-bond acceptors (Lipinski definition) is 4. The van der Waals surface area contributed by atoms with Crippen LogP contribution in [-0.4, -0.2) is 21.5 Å². The third-order valence-corrected chi connectivity index (χ3v) is 3.83. The zero-order valence-electron chi connectivity index (χ0n) is 8.98. The molecule has 0 spiro atoms. The summed E-state index contributed by atoms with van der Waals surface area (Å²) in [4.78, 5) is 0.0236. The Morgan fingerprint density at radius 2 is 2.18 bits per heavy atom. The number of nitrogens with one attached hydrogen (secondary N) is 1. The van der Waals surface area contributed by atoms with Gasteiger partial charge in [-0.25, -0.2) is 13.1 Å². The first-order chi connectivity index (χ1) is 8.01. The van der Waals surface area contributed by atoms with Crippen LogP contribution in [0.4, 0.5) is 0 Å². The van der Waals surface area contributed by atoms with Gasteiger partial charge >= 0.3 is 0 Å². The molecule has 92 valence electrons. The Balaban J connectivity index is 2.96. The van der Waals surface area contributed by atoms with Crippen LogP contribution < -0.4 is 10.5 Å². The molecule has 0 aliphatic carbocycles. The van der Waals surface area contributed by atoms with Gasteiger partial charge in [0.25, 0.3) is 0 Å². The van der Waals surface area contributed by atoms with Gasteiger partial charge < -0.3 is 5.73 Å². The lowest BCUT2D eigenvalue weighted by atomic mass is 10.2. The molecule has 0 heterocycles. The predicted molar refractivity (Wildman–Crippen MR) is 65.0 cm³/mol. The van der Waals surface area contributed by atoms with Crippen LogP contribution in [0, 0.1) is 11.3 Å². The molecule has 1 rings (SSSR count). The first kappa shape index (κ1) is 13.9. The predicted octanol–water partition coefficient (Wildman–Crippen LogP) is 0.839. The molecule has 1 aromatic rings. The molecule has 3 N–H and O–H groups in total. The maximum absolute atomic E-state index is 11.8. The van der Waals surface area contributed by atoms with E-state index in [0.29, 0.717) is 13.0 Å². The van der Waals surface area contributed by atoms with Crippen LogP contribution in [0.15, 0.2) is 23.1 Å². The quantitative estimate of drug-likeness (QED) is 0.777. The number of sulfonamides is 1. The van der Waals surface area contributed by atoms with Crippen molar-refractivity contribution in [2.45, 2.75) is 11.3 Å². The summed E-state index contributed by atoms with van der Waals surface area (Å²) in [7, 11) is -3.60. The van der Waals surface area contributed by atoms with Crippen molar-refractivity contribution in [2.75, 3.05) is 13.1 Å². The van der Waals surface area contributed by atoms with Gasteiger partial charge in [-0.05, 0) is 31.2 Å². The fraction of sp³-hybridized carbons (Fsp3) is 0.300. The Hall–Kier alpha value is -1.13. The molecule has 0 unspecified atom stereocenters. The maximum Gasteiger partial charge on any atom is 0.240 e. The maximum atomic E-state index is 11.8. The van der Waals surface area contributed by atoms with Gasteiger partial charge in [0.2, 0.25) is 10.0 Å². The van der Waals surface area contributed by atoms with E-state index in [9.17, 15) is 8.42 Å². The van der Waals surface area contributed by atoms with Crippen LogP contribution in [0.3, 0.4) is 0 Å². The standard InChI is InChI=1S/C10H12ClN3O2S/c11-10-3-2-9(6-8(10)7-13)17(15,16)14-5-1-4-12/h2-3,6,14H,1,4-5,12H2. The molecule has 0 bridgehead atoms. The van der Waals surface area contributed by atoms with E-state index in [1.165, 1.54) is 18.2 Å². The van der Waals surface area contributed by atoms with Crippen molar-refractivity contribution in [2.24, 2.45) is 5.73 Å². The molecule has 7 heteroatoms. The number of nitriles is 1. The van der Waals surface area contributed by atoms with Gasteiger partial charge in [0.05, 0.1) is 15.5 Å². The van der Waals surface area contributed by atoms with Gasteiger partial charge in [-0.1, -0.05) is 11.6 Å². The highest BCUT2D eigenvalue weighted by Gasteiger charge is 2.14. The smallest absolute Gasteiger partial charge is 0.240 e. The van der Waals surface area contributed by atoms with Crippen LogP contribution >= 0.6 is 11.6 Å². The van der Waals surface area contributed by atoms with E-state index in [1.54, 1.807) is 0 Å². The highest BCUT2D eigenvalue weighted by molar-refractivity contribution is 7.89. The van der Waals surface area contributed by atoms with E-state index in [0.717, 1.165) is 0 Å². The highest BCUT2D eigenvalue weighted by atomic mass is 35.5. The number of benzene rings is 1. The molecule has 0 aliphatic heterocycles. The summed E-state index contributed by atoms with van der Waals surface area (Å²) in [5.41, 5.74) is 5.40. The second-order valence-electron chi connectivity index (χ2n) is 3.29. The zero-order chi connectivity index (χ0) is 12.9. The average molecular weight is 274 g/mol. The number of rotatable bonds is 5. The summed E-state index contributed by atoms with van der Waals surface area (Å²) in [6.45, 7) is 0.677. The second-order valence-corrected chi connectivity index (χ2v) is 5.47. The molecule has 0 fully saturated rings. The summed E-state index contributed by atoms with van der Waals surface area (Å²) in [6.07, 6.45) is 0.553. The minimum absolute atomic E-state index is 0.0236. The van der Waals surface area contributed by atoms with Gasteiger partial charge in [0, 0.05) is 6.54 Å². The van der Waals surface area contributed by atoms with Crippen molar-refractivity contribution in [1.29, 1.82) is 5.26 Å². The Morgan fingerprint density at radius 1 is 1.47 bits per heavy atom. The molecular formula is C10H12ClN3O2S. The lowest BCUT2D eigenvalue weighted by Crippen LogP contribution is -2.26. The van der Waals surface area contributed by atoms with Gasteiger partial charge in [0.15, 0.2) is 0 Å². The summed E-state index contributed by atoms with van der Waals surface area (Å²) in [5, 5.41) is 8.99. The first-order valence-corrected chi connectivity index (χ1v) is 6.77. The van der Waals surface area contributed by atoms with Gasteiger partial charge in [0.1, 0.15) is 6.07 Å². The Bertz CT molecular complexity index is 537. The first-order valence-electron chi connectivity index (χ1n) is 4.90. The summed E-state index contributed by atoms with van der Waals surface area (Å²) in [6, 6.07) is 5.82. The van der Waals surface area contributed by atoms with E-state index in [1.807, 2.05) is 6.07 Å². The molecule has 0 atom stereocenters. The molecule has 1 aromatic carbocycles. The molecule has 5 nitrogen and oxygen atoms in total. The van der Waals surface area contributed by atoms with Gasteiger partial charge in [-0.15, -0.1) is 0 Å². The van der Waals surface area contributed by atoms with Crippen LogP contribution in [0.25, 0.3) is 0 Å². The third-order valence-electron chi connectivity index (χ3n) is 2.04. The van der Waals surface area contributed by atoms with Gasteiger partial charge in [-0.2, -0.15) is 5.26 Å². The number of nitrogens with two attached hydrogens (primary N) is 1. The van der Waals surface area contributed by atoms with Crippen molar-refractivity contribution >= 4 is 21.6 Å². The molecular weight excluding hydrogens is 262 g/mol. The number of hydrogen-bond donors (Lipinski definition) is 2. The Labute approximate surface area is 105 Å². The summed E-state index contributed by atoms with van der Waals surface area (Å²) >= 11 is 5.72. The van der Waals surface area contributed by atoms with Crippen molar-refractivity contribution < 1.29 is 8.42 Å². The minimum Gasteiger partial charge on any atom is -0.330 e.